The van der Waals surface area contributed by atoms with Gasteiger partial charge in [-0.15, -0.1) is 0 Å². The predicted octanol–water partition coefficient (Wildman–Crippen LogP) is 4.63. The molecule has 2 aliphatic heterocycles. The molecule has 0 spiro atoms. The molecular weight excluding hydrogens is 392 g/mol. The number of hydrogen-bond donors (Lipinski definition) is 0. The lowest BCUT2D eigenvalue weighted by Crippen LogP contribution is -2.30. The number of fused-ring (bicyclic) bond motifs is 2. The van der Waals surface area contributed by atoms with Gasteiger partial charge in [-0.2, -0.15) is 0 Å². The number of benzene rings is 1. The summed E-state index contributed by atoms with van der Waals surface area (Å²) in [6, 6.07) is 9.82. The normalized spacial score (nSPS) is 17.3. The maximum atomic E-state index is 11.0. The van der Waals surface area contributed by atoms with E-state index in [4.69, 9.17) is 14.2 Å². The molecule has 0 N–H and O–H groups in total. The van der Waals surface area contributed by atoms with Crippen LogP contribution in [-0.4, -0.2) is 48.7 Å². The molecule has 0 unspecified atom stereocenters. The molecule has 1 saturated heterocycles. The first-order valence-corrected chi connectivity index (χ1v) is 11.1. The highest BCUT2D eigenvalue weighted by Crippen LogP contribution is 2.41. The molecule has 0 atom stereocenters. The fraction of sp³-hybridized carbons (Fsp3) is 0.440. The summed E-state index contributed by atoms with van der Waals surface area (Å²) >= 11 is 0. The van der Waals surface area contributed by atoms with E-state index in [0.717, 1.165) is 35.6 Å². The Morgan fingerprint density at radius 3 is 2.87 bits per heavy atom. The fourth-order valence-electron chi connectivity index (χ4n) is 4.18. The summed E-state index contributed by atoms with van der Waals surface area (Å²) < 4.78 is 17.1. The Hall–Kier alpha value is -2.86. The highest BCUT2D eigenvalue weighted by Gasteiger charge is 2.22. The average Bonchev–Trinajstić information content (AvgIpc) is 2.94. The molecule has 0 saturated carbocycles. The van der Waals surface area contributed by atoms with Crippen LogP contribution in [0.3, 0.4) is 0 Å². The number of aromatic nitrogens is 1. The van der Waals surface area contributed by atoms with Crippen molar-refractivity contribution in [3.05, 3.63) is 53.7 Å². The second kappa shape index (κ2) is 10.4. The lowest BCUT2D eigenvalue weighted by atomic mass is 9.97. The van der Waals surface area contributed by atoms with Gasteiger partial charge in [0.15, 0.2) is 0 Å². The quantitative estimate of drug-likeness (QED) is 0.479. The third-order valence-corrected chi connectivity index (χ3v) is 5.71. The van der Waals surface area contributed by atoms with Gasteiger partial charge in [0.05, 0.1) is 0 Å². The SMILES string of the molecule is CC(=O)OCCOc1cccc2c1CC(=CCCN1CCCCC1)c1cccnc1O2. The van der Waals surface area contributed by atoms with Crippen LogP contribution in [0.4, 0.5) is 0 Å². The first-order valence-electron chi connectivity index (χ1n) is 11.1. The highest BCUT2D eigenvalue weighted by atomic mass is 16.6. The van der Waals surface area contributed by atoms with Gasteiger partial charge in [0.25, 0.3) is 0 Å². The molecule has 0 amide bonds. The Bertz CT molecular complexity index is 935. The van der Waals surface area contributed by atoms with Crippen LogP contribution in [0.5, 0.6) is 17.4 Å². The van der Waals surface area contributed by atoms with Crippen LogP contribution in [0.2, 0.25) is 0 Å². The van der Waals surface area contributed by atoms with Gasteiger partial charge in [-0.25, -0.2) is 4.98 Å². The molecule has 3 heterocycles. The summed E-state index contributed by atoms with van der Waals surface area (Å²) in [7, 11) is 0. The van der Waals surface area contributed by atoms with Crippen molar-refractivity contribution in [2.24, 2.45) is 0 Å². The van der Waals surface area contributed by atoms with E-state index in [2.05, 4.69) is 22.0 Å². The molecule has 6 nitrogen and oxygen atoms in total. The zero-order valence-corrected chi connectivity index (χ0v) is 18.1. The Kier molecular flexibility index (Phi) is 7.20. The van der Waals surface area contributed by atoms with E-state index in [1.54, 1.807) is 6.20 Å². The maximum absolute atomic E-state index is 11.0. The van der Waals surface area contributed by atoms with Gasteiger partial charge in [-0.05, 0) is 62.2 Å². The number of nitrogens with zero attached hydrogens (tertiary/aromatic N) is 2. The van der Waals surface area contributed by atoms with Gasteiger partial charge < -0.3 is 19.1 Å². The second-order valence-electron chi connectivity index (χ2n) is 7.98. The van der Waals surface area contributed by atoms with E-state index < -0.39 is 0 Å². The van der Waals surface area contributed by atoms with Gasteiger partial charge in [0.2, 0.25) is 5.88 Å². The van der Waals surface area contributed by atoms with Crippen LogP contribution in [-0.2, 0) is 16.0 Å². The second-order valence-corrected chi connectivity index (χ2v) is 7.98. The maximum Gasteiger partial charge on any atom is 0.302 e. The summed E-state index contributed by atoms with van der Waals surface area (Å²) in [5, 5.41) is 0. The molecule has 164 valence electrons. The van der Waals surface area contributed by atoms with E-state index in [-0.39, 0.29) is 12.6 Å². The third-order valence-electron chi connectivity index (χ3n) is 5.71. The predicted molar refractivity (Wildman–Crippen MR) is 119 cm³/mol. The number of pyridine rings is 1. The van der Waals surface area contributed by atoms with Crippen LogP contribution in [0.1, 0.15) is 43.7 Å². The summed E-state index contributed by atoms with van der Waals surface area (Å²) in [4.78, 5) is 18.0. The molecule has 2 aliphatic rings. The average molecular weight is 423 g/mol. The number of likely N-dealkylation sites (tertiary alicyclic amines) is 1. The van der Waals surface area contributed by atoms with Crippen LogP contribution >= 0.6 is 0 Å². The summed E-state index contributed by atoms with van der Waals surface area (Å²) in [5.41, 5.74) is 3.23. The van der Waals surface area contributed by atoms with Crippen molar-refractivity contribution in [3.63, 3.8) is 0 Å². The van der Waals surface area contributed by atoms with E-state index in [9.17, 15) is 4.79 Å². The lowest BCUT2D eigenvalue weighted by Gasteiger charge is -2.25. The van der Waals surface area contributed by atoms with Crippen molar-refractivity contribution in [2.75, 3.05) is 32.8 Å². The van der Waals surface area contributed by atoms with Crippen LogP contribution in [0.25, 0.3) is 5.57 Å². The molecule has 0 bridgehead atoms. The minimum Gasteiger partial charge on any atom is -0.490 e. The Morgan fingerprint density at radius 2 is 2.03 bits per heavy atom. The van der Waals surface area contributed by atoms with Crippen molar-refractivity contribution in [1.29, 1.82) is 0 Å². The third kappa shape index (κ3) is 5.64. The number of allylic oxidation sites excluding steroid dienone is 1. The molecule has 31 heavy (non-hydrogen) atoms. The zero-order valence-electron chi connectivity index (χ0n) is 18.1. The molecule has 2 aromatic rings. The molecular formula is C25H30N2O4. The molecule has 0 aliphatic carbocycles. The number of carbonyl (C=O) groups excluding carboxylic acids is 1. The van der Waals surface area contributed by atoms with E-state index in [0.29, 0.717) is 18.9 Å². The largest absolute Gasteiger partial charge is 0.490 e. The van der Waals surface area contributed by atoms with E-state index in [1.807, 2.05) is 24.3 Å². The van der Waals surface area contributed by atoms with E-state index in [1.165, 1.54) is 44.8 Å². The van der Waals surface area contributed by atoms with Crippen molar-refractivity contribution in [1.82, 2.24) is 9.88 Å². The minimum absolute atomic E-state index is 0.222. The fourth-order valence-corrected chi connectivity index (χ4v) is 4.18. The number of piperidine rings is 1. The van der Waals surface area contributed by atoms with Gasteiger partial charge in [0.1, 0.15) is 24.7 Å². The van der Waals surface area contributed by atoms with Gasteiger partial charge in [-0.3, -0.25) is 4.79 Å². The Labute approximate surface area is 183 Å². The lowest BCUT2D eigenvalue weighted by molar-refractivity contribution is -0.141. The van der Waals surface area contributed by atoms with Crippen molar-refractivity contribution < 1.29 is 19.0 Å². The summed E-state index contributed by atoms with van der Waals surface area (Å²) in [6.45, 7) is 5.40. The number of esters is 1. The zero-order chi connectivity index (χ0) is 21.5. The standard InChI is InChI=1S/C25H30N2O4/c1-19(28)29-16-17-30-23-10-5-11-24-22(23)18-20(21-9-6-12-26-25(21)31-24)8-7-15-27-13-3-2-4-14-27/h5-6,8-12H,2-4,7,13-18H2,1H3. The van der Waals surface area contributed by atoms with Crippen molar-refractivity contribution in [2.45, 2.75) is 39.0 Å². The Balaban J connectivity index is 1.54. The monoisotopic (exact) mass is 422 g/mol. The van der Waals surface area contributed by atoms with Crippen molar-refractivity contribution >= 4 is 11.5 Å². The van der Waals surface area contributed by atoms with Gasteiger partial charge in [-0.1, -0.05) is 18.6 Å². The van der Waals surface area contributed by atoms with Crippen LogP contribution < -0.4 is 9.47 Å². The van der Waals surface area contributed by atoms with Crippen LogP contribution in [0.15, 0.2) is 42.6 Å². The smallest absolute Gasteiger partial charge is 0.302 e. The molecule has 1 aromatic heterocycles. The number of carbonyl (C=O) groups is 1. The first-order chi connectivity index (χ1) is 15.2. The van der Waals surface area contributed by atoms with Crippen LogP contribution in [0, 0.1) is 0 Å². The molecule has 1 fully saturated rings. The highest BCUT2D eigenvalue weighted by molar-refractivity contribution is 5.75. The van der Waals surface area contributed by atoms with E-state index >= 15 is 0 Å². The Morgan fingerprint density at radius 1 is 1.16 bits per heavy atom. The van der Waals surface area contributed by atoms with Gasteiger partial charge >= 0.3 is 5.97 Å². The van der Waals surface area contributed by atoms with Gasteiger partial charge in [0, 0.05) is 37.2 Å². The molecule has 1 aromatic carbocycles. The molecule has 6 heteroatoms. The topological polar surface area (TPSA) is 60.9 Å². The number of ether oxygens (including phenoxy) is 3. The summed E-state index contributed by atoms with van der Waals surface area (Å²) in [5.74, 6) is 1.82. The molecule has 0 radical (unpaired) electrons. The summed E-state index contributed by atoms with van der Waals surface area (Å²) in [6.07, 6.45) is 9.74. The van der Waals surface area contributed by atoms with Crippen molar-refractivity contribution in [3.8, 4) is 17.4 Å². The molecule has 4 rings (SSSR count). The first kappa shape index (κ1) is 21.4. The minimum atomic E-state index is -0.306. The number of hydrogen-bond acceptors (Lipinski definition) is 6. The number of rotatable bonds is 7.